The lowest BCUT2D eigenvalue weighted by molar-refractivity contribution is -0.136. The van der Waals surface area contributed by atoms with Gasteiger partial charge < -0.3 is 20.6 Å². The Morgan fingerprint density at radius 1 is 0.967 bits per heavy atom. The van der Waals surface area contributed by atoms with Crippen LogP contribution in [0.15, 0.2) is 48.5 Å². The molecule has 60 heavy (non-hydrogen) atoms. The fourth-order valence-electron chi connectivity index (χ4n) is 9.33. The summed E-state index contributed by atoms with van der Waals surface area (Å²) in [5.41, 5.74) is 3.10. The highest BCUT2D eigenvalue weighted by Gasteiger charge is 2.45. The normalized spacial score (nSPS) is 22.9. The molecule has 4 aromatic rings. The molecule has 5 amide bonds. The summed E-state index contributed by atoms with van der Waals surface area (Å²) in [6.45, 7) is 13.3. The lowest BCUT2D eigenvalue weighted by Gasteiger charge is -2.42. The number of aromatic nitrogens is 2. The van der Waals surface area contributed by atoms with Gasteiger partial charge in [-0.15, -0.1) is 11.3 Å². The van der Waals surface area contributed by atoms with Crippen molar-refractivity contribution in [3.8, 4) is 0 Å². The van der Waals surface area contributed by atoms with Crippen LogP contribution >= 0.6 is 11.3 Å². The Hall–Kier alpha value is -5.09. The van der Waals surface area contributed by atoms with Gasteiger partial charge in [-0.25, -0.2) is 9.97 Å². The number of imide groups is 2. The second-order valence-electron chi connectivity index (χ2n) is 17.4. The van der Waals surface area contributed by atoms with Crippen LogP contribution in [0.5, 0.6) is 0 Å². The first-order valence-electron chi connectivity index (χ1n) is 21.2. The number of piperazine rings is 1. The van der Waals surface area contributed by atoms with Gasteiger partial charge in [0.05, 0.1) is 32.0 Å². The highest BCUT2D eigenvalue weighted by molar-refractivity contribution is 7.18. The van der Waals surface area contributed by atoms with Gasteiger partial charge in [0, 0.05) is 80.3 Å². The molecule has 2 aromatic carbocycles. The topological polar surface area (TPSA) is 177 Å². The lowest BCUT2D eigenvalue weighted by atomic mass is 9.82. The van der Waals surface area contributed by atoms with E-state index in [0.29, 0.717) is 47.1 Å². The van der Waals surface area contributed by atoms with E-state index in [9.17, 15) is 29.1 Å². The van der Waals surface area contributed by atoms with Crippen LogP contribution in [0.2, 0.25) is 0 Å². The van der Waals surface area contributed by atoms with Crippen LogP contribution in [0, 0.1) is 12.8 Å². The molecule has 3 aliphatic heterocycles. The van der Waals surface area contributed by atoms with E-state index in [1.165, 1.54) is 0 Å². The minimum Gasteiger partial charge on any atom is -0.386 e. The first-order valence-corrected chi connectivity index (χ1v) is 22.0. The third kappa shape index (κ3) is 8.71. The Balaban J connectivity index is 0.799. The zero-order valence-corrected chi connectivity index (χ0v) is 35.6. The van der Waals surface area contributed by atoms with E-state index in [1.807, 2.05) is 31.2 Å². The van der Waals surface area contributed by atoms with Crippen molar-refractivity contribution in [3.63, 3.8) is 0 Å². The molecule has 4 N–H and O–H groups in total. The van der Waals surface area contributed by atoms with Crippen molar-refractivity contribution in [2.45, 2.75) is 96.2 Å². The Kier molecular flexibility index (Phi) is 11.9. The van der Waals surface area contributed by atoms with Crippen LogP contribution in [0.1, 0.15) is 119 Å². The number of aliphatic hydroxyl groups is 1. The van der Waals surface area contributed by atoms with Crippen LogP contribution in [0.25, 0.3) is 10.2 Å². The van der Waals surface area contributed by atoms with Gasteiger partial charge in [0.1, 0.15) is 11.7 Å². The molecule has 2 aromatic heterocycles. The average Bonchev–Trinajstić information content (AvgIpc) is 3.74. The largest absolute Gasteiger partial charge is 0.386 e. The molecule has 14 nitrogen and oxygen atoms in total. The molecule has 1 saturated carbocycles. The van der Waals surface area contributed by atoms with Gasteiger partial charge in [-0.3, -0.25) is 39.1 Å². The summed E-state index contributed by atoms with van der Waals surface area (Å²) in [5, 5.41) is 20.8. The zero-order valence-electron chi connectivity index (χ0n) is 34.8. The average molecular weight is 835 g/mol. The Labute approximate surface area is 354 Å². The number of thiazole rings is 1. The molecule has 15 heteroatoms. The summed E-state index contributed by atoms with van der Waals surface area (Å²) in [7, 11) is 0. The third-order valence-corrected chi connectivity index (χ3v) is 13.7. The SMILES string of the molecule is Cc1cccc(C(=O)Nc2cc3sc(C4CCC(CN5CCN(CCCNc6cccc7c6C(=O)N(C6CCC(=O)NC6=O)C7=O)[C@H](C)C5)CC4)nc3cc2C(C)(C)O)n1. The van der Waals surface area contributed by atoms with Crippen molar-refractivity contribution in [1.82, 2.24) is 30.0 Å². The van der Waals surface area contributed by atoms with Crippen molar-refractivity contribution >= 4 is 62.5 Å². The van der Waals surface area contributed by atoms with E-state index in [-0.39, 0.29) is 29.9 Å². The van der Waals surface area contributed by atoms with E-state index in [1.54, 1.807) is 49.4 Å². The highest BCUT2D eigenvalue weighted by Crippen LogP contribution is 2.42. The number of pyridine rings is 1. The monoisotopic (exact) mass is 834 g/mol. The van der Waals surface area contributed by atoms with Crippen LogP contribution in [0.4, 0.5) is 11.4 Å². The number of rotatable bonds is 12. The number of amides is 5. The highest BCUT2D eigenvalue weighted by atomic mass is 32.1. The quantitative estimate of drug-likeness (QED) is 0.102. The summed E-state index contributed by atoms with van der Waals surface area (Å²) >= 11 is 1.68. The molecule has 5 heterocycles. The molecule has 1 unspecified atom stereocenters. The van der Waals surface area contributed by atoms with E-state index >= 15 is 0 Å². The van der Waals surface area contributed by atoms with Gasteiger partial charge in [-0.2, -0.15) is 0 Å². The maximum atomic E-state index is 13.4. The number of fused-ring (bicyclic) bond motifs is 2. The predicted octanol–water partition coefficient (Wildman–Crippen LogP) is 5.66. The van der Waals surface area contributed by atoms with Crippen LogP contribution in [0.3, 0.4) is 0 Å². The number of benzene rings is 2. The maximum Gasteiger partial charge on any atom is 0.274 e. The molecule has 0 spiro atoms. The van der Waals surface area contributed by atoms with Crippen molar-refractivity contribution in [1.29, 1.82) is 0 Å². The van der Waals surface area contributed by atoms with Gasteiger partial charge >= 0.3 is 0 Å². The molecule has 316 valence electrons. The number of carbonyl (C=O) groups is 5. The molecule has 2 atom stereocenters. The summed E-state index contributed by atoms with van der Waals surface area (Å²) in [4.78, 5) is 79.5. The third-order valence-electron chi connectivity index (χ3n) is 12.5. The minimum absolute atomic E-state index is 0.0864. The van der Waals surface area contributed by atoms with Crippen LogP contribution in [-0.4, -0.2) is 111 Å². The number of carbonyl (C=O) groups excluding carboxylic acids is 5. The smallest absolute Gasteiger partial charge is 0.274 e. The van der Waals surface area contributed by atoms with E-state index < -0.39 is 35.3 Å². The fourth-order valence-corrected chi connectivity index (χ4v) is 10.5. The second kappa shape index (κ2) is 17.1. The van der Waals surface area contributed by atoms with Gasteiger partial charge in [-0.1, -0.05) is 12.1 Å². The molecular formula is C45H54N8O6S. The molecule has 1 aliphatic carbocycles. The summed E-state index contributed by atoms with van der Waals surface area (Å²) in [6.07, 6.45) is 5.57. The number of nitrogens with zero attached hydrogens (tertiary/aromatic N) is 5. The molecule has 3 fully saturated rings. The number of hydrogen-bond donors (Lipinski definition) is 4. The van der Waals surface area contributed by atoms with Crippen LogP contribution in [-0.2, 0) is 15.2 Å². The number of hydrogen-bond acceptors (Lipinski definition) is 12. The Morgan fingerprint density at radius 2 is 1.75 bits per heavy atom. The Morgan fingerprint density at radius 3 is 2.48 bits per heavy atom. The first-order chi connectivity index (χ1) is 28.7. The van der Waals surface area contributed by atoms with E-state index in [2.05, 4.69) is 37.7 Å². The minimum atomic E-state index is -1.18. The number of nitrogens with one attached hydrogen (secondary N) is 3. The zero-order chi connectivity index (χ0) is 42.3. The van der Waals surface area contributed by atoms with Crippen molar-refractivity contribution in [2.24, 2.45) is 5.92 Å². The van der Waals surface area contributed by atoms with Crippen molar-refractivity contribution in [2.75, 3.05) is 49.9 Å². The summed E-state index contributed by atoms with van der Waals surface area (Å²) in [6, 6.07) is 13.8. The van der Waals surface area contributed by atoms with E-state index in [4.69, 9.17) is 4.98 Å². The van der Waals surface area contributed by atoms with Crippen molar-refractivity contribution < 1.29 is 29.1 Å². The van der Waals surface area contributed by atoms with Gasteiger partial charge in [0.2, 0.25) is 11.8 Å². The van der Waals surface area contributed by atoms with Crippen LogP contribution < -0.4 is 16.0 Å². The molecular weight excluding hydrogens is 781 g/mol. The summed E-state index contributed by atoms with van der Waals surface area (Å²) < 4.78 is 0.990. The predicted molar refractivity (Wildman–Crippen MR) is 230 cm³/mol. The number of aryl methyl sites for hydroxylation is 1. The fraction of sp³-hybridized carbons (Fsp3) is 0.489. The molecule has 8 rings (SSSR count). The lowest BCUT2D eigenvalue weighted by Crippen LogP contribution is -2.54. The molecule has 4 aliphatic rings. The standard InChI is InChI=1S/C45H54N8O6S/c1-26-8-5-11-33(47-26)40(55)48-34-23-37-35(22-31(34)45(3,4)59)49-42(60-37)29-14-12-28(13-15-29)25-51-20-21-52(27(2)24-51)19-7-18-46-32-10-6-9-30-39(32)44(58)53(43(30)57)36-16-17-38(54)50-41(36)56/h5-6,8-11,22-23,27-29,36,46,59H,7,12-21,24-25H2,1-4H3,(H,48,55)(H,50,54,56)/t27-,28?,29?,36?/m1/s1. The summed E-state index contributed by atoms with van der Waals surface area (Å²) in [5.74, 6) is -1.29. The Bertz CT molecular complexity index is 2330. The van der Waals surface area contributed by atoms with Gasteiger partial charge in [-0.05, 0) is 109 Å². The van der Waals surface area contributed by atoms with Gasteiger partial charge in [0.15, 0.2) is 0 Å². The first kappa shape index (κ1) is 41.6. The van der Waals surface area contributed by atoms with Crippen molar-refractivity contribution in [3.05, 3.63) is 81.6 Å². The number of piperidine rings is 1. The number of anilines is 2. The molecule has 2 saturated heterocycles. The molecule has 0 bridgehead atoms. The molecule has 0 radical (unpaired) electrons. The van der Waals surface area contributed by atoms with E-state index in [0.717, 1.165) is 90.6 Å². The maximum absolute atomic E-state index is 13.4. The van der Waals surface area contributed by atoms with Gasteiger partial charge in [0.25, 0.3) is 17.7 Å². The second-order valence-corrected chi connectivity index (χ2v) is 18.5.